The molecule has 0 radical (unpaired) electrons. The Morgan fingerprint density at radius 1 is 1.00 bits per heavy atom. The van der Waals surface area contributed by atoms with Crippen molar-refractivity contribution in [3.63, 3.8) is 0 Å². The van der Waals surface area contributed by atoms with Crippen molar-refractivity contribution in [2.24, 2.45) is 7.05 Å². The second-order valence-electron chi connectivity index (χ2n) is 9.96. The first-order valence-corrected chi connectivity index (χ1v) is 13.3. The van der Waals surface area contributed by atoms with Gasteiger partial charge in [-0.2, -0.15) is 4.80 Å². The van der Waals surface area contributed by atoms with E-state index in [9.17, 15) is 9.59 Å². The molecule has 41 heavy (non-hydrogen) atoms. The summed E-state index contributed by atoms with van der Waals surface area (Å²) in [4.78, 5) is 41.3. The van der Waals surface area contributed by atoms with Crippen LogP contribution in [-0.2, 0) is 11.8 Å². The van der Waals surface area contributed by atoms with Crippen molar-refractivity contribution in [1.82, 2.24) is 40.0 Å². The lowest BCUT2D eigenvalue weighted by atomic mass is 10.0. The molecule has 208 valence electrons. The first-order valence-electron chi connectivity index (χ1n) is 13.3. The summed E-state index contributed by atoms with van der Waals surface area (Å²) in [6.45, 7) is 3.86. The van der Waals surface area contributed by atoms with Gasteiger partial charge < -0.3 is 14.2 Å². The van der Waals surface area contributed by atoms with Gasteiger partial charge in [0.15, 0.2) is 11.4 Å². The molecule has 0 saturated carbocycles. The van der Waals surface area contributed by atoms with Crippen molar-refractivity contribution < 1.29 is 14.0 Å². The molecule has 1 unspecified atom stereocenters. The number of rotatable bonds is 6. The first-order chi connectivity index (χ1) is 19.9. The molecule has 1 aliphatic rings. The van der Waals surface area contributed by atoms with Gasteiger partial charge in [-0.25, -0.2) is 4.98 Å². The Kier molecular flexibility index (Phi) is 6.98. The van der Waals surface area contributed by atoms with Gasteiger partial charge in [0.2, 0.25) is 11.8 Å². The van der Waals surface area contributed by atoms with Crippen LogP contribution in [0.25, 0.3) is 22.6 Å². The standard InChI is InChI=1S/C29H29N9O3/c1-19(39)35(2)22-9-10-25-23(18-22)31-28(41-25)21-11-12-30-24(17-21)29(40)38-15-13-37(14-16-38)26(20-7-5-4-6-8-20)27-32-34-36(3)33-27/h4-12,17-18,26H,13-16H2,1-3H3. The van der Waals surface area contributed by atoms with E-state index in [0.717, 1.165) is 11.3 Å². The number of aromatic nitrogens is 6. The minimum atomic E-state index is -0.154. The predicted molar refractivity (Wildman–Crippen MR) is 151 cm³/mol. The number of hydrogen-bond donors (Lipinski definition) is 0. The Labute approximate surface area is 236 Å². The van der Waals surface area contributed by atoms with E-state index in [1.807, 2.05) is 29.2 Å². The number of amides is 2. The van der Waals surface area contributed by atoms with Gasteiger partial charge in [0.05, 0.1) is 13.1 Å². The number of carbonyl (C=O) groups excluding carboxylic acids is 2. The molecule has 12 heteroatoms. The zero-order valence-corrected chi connectivity index (χ0v) is 23.0. The van der Waals surface area contributed by atoms with E-state index >= 15 is 0 Å². The number of benzene rings is 2. The van der Waals surface area contributed by atoms with Crippen LogP contribution in [0.2, 0.25) is 0 Å². The summed E-state index contributed by atoms with van der Waals surface area (Å²) in [5.74, 6) is 0.784. The minimum absolute atomic E-state index is 0.0767. The van der Waals surface area contributed by atoms with E-state index in [4.69, 9.17) is 4.42 Å². The fourth-order valence-corrected chi connectivity index (χ4v) is 5.02. The quantitative estimate of drug-likeness (QED) is 0.313. The smallest absolute Gasteiger partial charge is 0.272 e. The van der Waals surface area contributed by atoms with E-state index < -0.39 is 0 Å². The molecule has 5 aromatic rings. The fraction of sp³-hybridized carbons (Fsp3) is 0.276. The van der Waals surface area contributed by atoms with Crippen molar-refractivity contribution in [3.05, 3.63) is 83.9 Å². The van der Waals surface area contributed by atoms with E-state index in [-0.39, 0.29) is 17.9 Å². The Morgan fingerprint density at radius 2 is 1.78 bits per heavy atom. The molecule has 2 aromatic carbocycles. The molecule has 1 atom stereocenters. The summed E-state index contributed by atoms with van der Waals surface area (Å²) in [5, 5.41) is 12.8. The highest BCUT2D eigenvalue weighted by Gasteiger charge is 2.31. The third-order valence-corrected chi connectivity index (χ3v) is 7.31. The zero-order valence-electron chi connectivity index (χ0n) is 23.0. The van der Waals surface area contributed by atoms with E-state index in [1.165, 1.54) is 11.7 Å². The maximum Gasteiger partial charge on any atom is 0.272 e. The van der Waals surface area contributed by atoms with Crippen LogP contribution in [0.5, 0.6) is 0 Å². The number of tetrazole rings is 1. The average Bonchev–Trinajstić information content (AvgIpc) is 3.63. The summed E-state index contributed by atoms with van der Waals surface area (Å²) in [6, 6.07) is 18.8. The third kappa shape index (κ3) is 5.29. The van der Waals surface area contributed by atoms with Gasteiger partial charge in [-0.3, -0.25) is 19.5 Å². The fourth-order valence-electron chi connectivity index (χ4n) is 5.02. The van der Waals surface area contributed by atoms with Crippen molar-refractivity contribution in [3.8, 4) is 11.5 Å². The predicted octanol–water partition coefficient (Wildman–Crippen LogP) is 2.94. The van der Waals surface area contributed by atoms with Gasteiger partial charge in [0.1, 0.15) is 11.2 Å². The van der Waals surface area contributed by atoms with Crippen LogP contribution < -0.4 is 4.90 Å². The first kappa shape index (κ1) is 26.3. The highest BCUT2D eigenvalue weighted by Crippen LogP contribution is 2.29. The van der Waals surface area contributed by atoms with Gasteiger partial charge in [0, 0.05) is 57.6 Å². The van der Waals surface area contributed by atoms with Gasteiger partial charge in [-0.15, -0.1) is 10.2 Å². The summed E-state index contributed by atoms with van der Waals surface area (Å²) in [7, 11) is 3.46. The molecule has 0 aliphatic carbocycles. The number of piperazine rings is 1. The molecule has 2 amide bonds. The Bertz CT molecular complexity index is 1710. The number of oxazole rings is 1. The lowest BCUT2D eigenvalue weighted by molar-refractivity contribution is -0.116. The largest absolute Gasteiger partial charge is 0.436 e. The highest BCUT2D eigenvalue weighted by atomic mass is 16.3. The van der Waals surface area contributed by atoms with E-state index in [0.29, 0.717) is 60.3 Å². The van der Waals surface area contributed by atoms with Crippen LogP contribution in [0.4, 0.5) is 5.69 Å². The molecule has 0 N–H and O–H groups in total. The molecule has 6 rings (SSSR count). The van der Waals surface area contributed by atoms with Crippen LogP contribution in [0.15, 0.2) is 71.3 Å². The summed E-state index contributed by atoms with van der Waals surface area (Å²) < 4.78 is 5.96. The molecule has 1 saturated heterocycles. The maximum absolute atomic E-state index is 13.5. The monoisotopic (exact) mass is 551 g/mol. The molecular formula is C29H29N9O3. The summed E-state index contributed by atoms with van der Waals surface area (Å²) in [6.07, 6.45) is 1.59. The van der Waals surface area contributed by atoms with Crippen LogP contribution in [-0.4, -0.2) is 85.0 Å². The highest BCUT2D eigenvalue weighted by molar-refractivity contribution is 5.94. The number of fused-ring (bicyclic) bond motifs is 1. The number of aryl methyl sites for hydroxylation is 1. The third-order valence-electron chi connectivity index (χ3n) is 7.31. The number of pyridine rings is 1. The molecule has 4 heterocycles. The van der Waals surface area contributed by atoms with Crippen LogP contribution in [0.1, 0.15) is 34.8 Å². The molecule has 1 fully saturated rings. The van der Waals surface area contributed by atoms with Crippen LogP contribution in [0.3, 0.4) is 0 Å². The van der Waals surface area contributed by atoms with E-state index in [1.54, 1.807) is 49.5 Å². The molecule has 3 aromatic heterocycles. The van der Waals surface area contributed by atoms with Crippen molar-refractivity contribution in [1.29, 1.82) is 0 Å². The summed E-state index contributed by atoms with van der Waals surface area (Å²) in [5.41, 5.74) is 3.99. The van der Waals surface area contributed by atoms with Crippen LogP contribution in [0, 0.1) is 0 Å². The lowest BCUT2D eigenvalue weighted by Crippen LogP contribution is -2.50. The van der Waals surface area contributed by atoms with Gasteiger partial charge in [0.25, 0.3) is 5.91 Å². The van der Waals surface area contributed by atoms with Gasteiger partial charge in [-0.05, 0) is 41.1 Å². The number of carbonyl (C=O) groups is 2. The lowest BCUT2D eigenvalue weighted by Gasteiger charge is -2.38. The summed E-state index contributed by atoms with van der Waals surface area (Å²) >= 11 is 0. The average molecular weight is 552 g/mol. The Balaban J connectivity index is 1.18. The molecule has 12 nitrogen and oxygen atoms in total. The van der Waals surface area contributed by atoms with Crippen LogP contribution >= 0.6 is 0 Å². The molecular weight excluding hydrogens is 522 g/mol. The Hall–Kier alpha value is -4.97. The topological polar surface area (TPSA) is 126 Å². The number of nitrogens with zero attached hydrogens (tertiary/aromatic N) is 9. The molecule has 0 spiro atoms. The number of hydrogen-bond acceptors (Lipinski definition) is 9. The number of anilines is 1. The zero-order chi connectivity index (χ0) is 28.5. The van der Waals surface area contributed by atoms with Crippen molar-refractivity contribution >= 4 is 28.6 Å². The molecule has 1 aliphatic heterocycles. The minimum Gasteiger partial charge on any atom is -0.436 e. The normalized spacial score (nSPS) is 14.8. The van der Waals surface area contributed by atoms with Crippen molar-refractivity contribution in [2.45, 2.75) is 13.0 Å². The second-order valence-corrected chi connectivity index (χ2v) is 9.96. The Morgan fingerprint density at radius 3 is 2.49 bits per heavy atom. The second kappa shape index (κ2) is 10.9. The molecule has 0 bridgehead atoms. The van der Waals surface area contributed by atoms with Crippen molar-refractivity contribution in [2.75, 3.05) is 38.1 Å². The van der Waals surface area contributed by atoms with Gasteiger partial charge >= 0.3 is 0 Å². The van der Waals surface area contributed by atoms with E-state index in [2.05, 4.69) is 42.4 Å². The SMILES string of the molecule is CC(=O)N(C)c1ccc2oc(-c3ccnc(C(=O)N4CCN(C(c5ccccc5)c5nnn(C)n5)CC4)c3)nc2c1. The van der Waals surface area contributed by atoms with Gasteiger partial charge in [-0.1, -0.05) is 30.3 Å². The maximum atomic E-state index is 13.5.